The van der Waals surface area contributed by atoms with Crippen LogP contribution in [0.25, 0.3) is 0 Å². The third-order valence-corrected chi connectivity index (χ3v) is 3.27. The zero-order valence-corrected chi connectivity index (χ0v) is 10.7. The van der Waals surface area contributed by atoms with Crippen LogP contribution in [0, 0.1) is 0 Å². The summed E-state index contributed by atoms with van der Waals surface area (Å²) in [6.07, 6.45) is -3.58. The highest BCUT2D eigenvalue weighted by Crippen LogP contribution is 2.18. The van der Waals surface area contributed by atoms with Crippen molar-refractivity contribution in [3.63, 3.8) is 0 Å². The van der Waals surface area contributed by atoms with Crippen molar-refractivity contribution in [2.45, 2.75) is 25.1 Å². The van der Waals surface area contributed by atoms with Crippen LogP contribution in [0.5, 0.6) is 0 Å². The Balaban J connectivity index is 2.23. The van der Waals surface area contributed by atoms with Crippen molar-refractivity contribution in [2.24, 2.45) is 5.73 Å². The molecule has 0 bridgehead atoms. The minimum absolute atomic E-state index is 0.195. The van der Waals surface area contributed by atoms with Crippen LogP contribution in [0.15, 0.2) is 0 Å². The summed E-state index contributed by atoms with van der Waals surface area (Å²) >= 11 is 0. The molecule has 18 heavy (non-hydrogen) atoms. The van der Waals surface area contributed by atoms with Crippen LogP contribution in [-0.2, 0) is 0 Å². The van der Waals surface area contributed by atoms with Gasteiger partial charge in [-0.2, -0.15) is 13.2 Å². The molecule has 1 atom stereocenters. The van der Waals surface area contributed by atoms with E-state index in [1.807, 2.05) is 0 Å². The number of piperazine rings is 1. The van der Waals surface area contributed by atoms with Crippen molar-refractivity contribution in [1.82, 2.24) is 9.80 Å². The summed E-state index contributed by atoms with van der Waals surface area (Å²) in [7, 11) is 0. The normalized spacial score (nSPS) is 23.0. The minimum atomic E-state index is -4.12. The second-order valence-electron chi connectivity index (χ2n) is 5.18. The number of nitrogens with two attached hydrogens (primary N) is 1. The summed E-state index contributed by atoms with van der Waals surface area (Å²) in [5.74, 6) is 0. The number of aliphatic hydroxyl groups is 1. The average molecular weight is 269 g/mol. The average Bonchev–Trinajstić information content (AvgIpc) is 2.26. The molecule has 7 heteroatoms. The maximum Gasteiger partial charge on any atom is 0.401 e. The molecule has 0 amide bonds. The van der Waals surface area contributed by atoms with Crippen LogP contribution >= 0.6 is 0 Å². The predicted molar refractivity (Wildman–Crippen MR) is 63.2 cm³/mol. The fourth-order valence-corrected chi connectivity index (χ4v) is 1.93. The lowest BCUT2D eigenvalue weighted by molar-refractivity contribution is -0.149. The van der Waals surface area contributed by atoms with E-state index in [9.17, 15) is 18.3 Å². The van der Waals surface area contributed by atoms with E-state index in [0.29, 0.717) is 39.1 Å². The Bertz CT molecular complexity index is 250. The Morgan fingerprint density at radius 1 is 1.11 bits per heavy atom. The van der Waals surface area contributed by atoms with Gasteiger partial charge in [-0.3, -0.25) is 4.90 Å². The molecule has 4 nitrogen and oxygen atoms in total. The first-order valence-electron chi connectivity index (χ1n) is 6.16. The fourth-order valence-electron chi connectivity index (χ4n) is 1.93. The molecule has 0 aromatic heterocycles. The highest BCUT2D eigenvalue weighted by atomic mass is 19.4. The van der Waals surface area contributed by atoms with Crippen LogP contribution in [0.2, 0.25) is 0 Å². The highest BCUT2D eigenvalue weighted by Gasteiger charge is 2.32. The molecule has 3 N–H and O–H groups in total. The molecule has 0 saturated carbocycles. The molecule has 1 saturated heterocycles. The Kier molecular flexibility index (Phi) is 5.39. The molecule has 1 fully saturated rings. The molecule has 0 radical (unpaired) electrons. The van der Waals surface area contributed by atoms with E-state index in [1.54, 1.807) is 6.92 Å². The fraction of sp³-hybridized carbons (Fsp3) is 1.00. The van der Waals surface area contributed by atoms with Crippen molar-refractivity contribution in [3.05, 3.63) is 0 Å². The van der Waals surface area contributed by atoms with Gasteiger partial charge in [0.25, 0.3) is 0 Å². The molecule has 108 valence electrons. The van der Waals surface area contributed by atoms with Crippen molar-refractivity contribution >= 4 is 0 Å². The van der Waals surface area contributed by atoms with Gasteiger partial charge in [0.2, 0.25) is 0 Å². The lowest BCUT2D eigenvalue weighted by Crippen LogP contribution is -2.50. The summed E-state index contributed by atoms with van der Waals surface area (Å²) in [5.41, 5.74) is 4.53. The third kappa shape index (κ3) is 5.99. The number of halogens is 3. The molecule has 0 aromatic rings. The number of hydrogen-bond acceptors (Lipinski definition) is 4. The third-order valence-electron chi connectivity index (χ3n) is 3.27. The quantitative estimate of drug-likeness (QED) is 0.752. The highest BCUT2D eigenvalue weighted by molar-refractivity contribution is 4.78. The van der Waals surface area contributed by atoms with E-state index in [-0.39, 0.29) is 6.54 Å². The zero-order chi connectivity index (χ0) is 13.8. The molecule has 0 aliphatic carbocycles. The Labute approximate surface area is 106 Å². The number of rotatable bonds is 5. The van der Waals surface area contributed by atoms with Crippen molar-refractivity contribution in [2.75, 3.05) is 45.8 Å². The Morgan fingerprint density at radius 3 is 2.06 bits per heavy atom. The second kappa shape index (κ2) is 6.18. The Hall–Kier alpha value is -0.370. The lowest BCUT2D eigenvalue weighted by atomic mass is 10.0. The van der Waals surface area contributed by atoms with Gasteiger partial charge in [0.15, 0.2) is 0 Å². The molecular weight excluding hydrogens is 247 g/mol. The minimum Gasteiger partial charge on any atom is -0.389 e. The maximum absolute atomic E-state index is 12.2. The number of nitrogens with zero attached hydrogens (tertiary/aromatic N) is 2. The van der Waals surface area contributed by atoms with Gasteiger partial charge in [0.05, 0.1) is 12.1 Å². The maximum atomic E-state index is 12.2. The van der Waals surface area contributed by atoms with Crippen molar-refractivity contribution < 1.29 is 18.3 Å². The first-order chi connectivity index (χ1) is 8.22. The second-order valence-corrected chi connectivity index (χ2v) is 5.18. The topological polar surface area (TPSA) is 52.7 Å². The van der Waals surface area contributed by atoms with Gasteiger partial charge < -0.3 is 15.7 Å². The van der Waals surface area contributed by atoms with Gasteiger partial charge in [-0.15, -0.1) is 0 Å². The van der Waals surface area contributed by atoms with Crippen LogP contribution in [-0.4, -0.2) is 72.5 Å². The molecular formula is C11H22F3N3O. The van der Waals surface area contributed by atoms with E-state index in [0.717, 1.165) is 0 Å². The zero-order valence-electron chi connectivity index (χ0n) is 10.7. The molecule has 0 aromatic carbocycles. The van der Waals surface area contributed by atoms with Crippen LogP contribution in [0.3, 0.4) is 0 Å². The van der Waals surface area contributed by atoms with E-state index in [4.69, 9.17) is 5.73 Å². The number of alkyl halides is 3. The first kappa shape index (κ1) is 15.7. The van der Waals surface area contributed by atoms with Crippen molar-refractivity contribution in [3.8, 4) is 0 Å². The standard InChI is InChI=1S/C11H22F3N3O/c1-10(18,8-15)2-3-16-4-6-17(7-5-16)9-11(12,13)14/h18H,2-9,15H2,1H3. The molecule has 1 aliphatic heterocycles. The summed E-state index contributed by atoms with van der Waals surface area (Å²) < 4.78 is 36.6. The summed E-state index contributed by atoms with van der Waals surface area (Å²) in [5, 5.41) is 9.75. The molecule has 1 unspecified atom stereocenters. The van der Waals surface area contributed by atoms with Gasteiger partial charge in [-0.25, -0.2) is 0 Å². The predicted octanol–water partition coefficient (Wildman–Crippen LogP) is 0.266. The summed E-state index contributed by atoms with van der Waals surface area (Å²) in [4.78, 5) is 3.48. The molecule has 1 heterocycles. The van der Waals surface area contributed by atoms with Crippen molar-refractivity contribution in [1.29, 1.82) is 0 Å². The van der Waals surface area contributed by atoms with Gasteiger partial charge in [-0.05, 0) is 13.3 Å². The van der Waals surface area contributed by atoms with Gasteiger partial charge >= 0.3 is 6.18 Å². The summed E-state index contributed by atoms with van der Waals surface area (Å²) in [6.45, 7) is 3.77. The first-order valence-corrected chi connectivity index (χ1v) is 6.16. The van der Waals surface area contributed by atoms with Crippen LogP contribution < -0.4 is 5.73 Å². The summed E-state index contributed by atoms with van der Waals surface area (Å²) in [6, 6.07) is 0. The van der Waals surface area contributed by atoms with E-state index >= 15 is 0 Å². The largest absolute Gasteiger partial charge is 0.401 e. The van der Waals surface area contributed by atoms with Gasteiger partial charge in [0, 0.05) is 39.3 Å². The van der Waals surface area contributed by atoms with Crippen LogP contribution in [0.4, 0.5) is 13.2 Å². The van der Waals surface area contributed by atoms with Crippen LogP contribution in [0.1, 0.15) is 13.3 Å². The Morgan fingerprint density at radius 2 is 1.61 bits per heavy atom. The lowest BCUT2D eigenvalue weighted by Gasteiger charge is -2.36. The molecule has 0 spiro atoms. The molecule has 1 aliphatic rings. The van der Waals surface area contributed by atoms with E-state index < -0.39 is 18.3 Å². The smallest absolute Gasteiger partial charge is 0.389 e. The monoisotopic (exact) mass is 269 g/mol. The molecule has 1 rings (SSSR count). The SMILES string of the molecule is CC(O)(CN)CCN1CCN(CC(F)(F)F)CC1. The van der Waals surface area contributed by atoms with E-state index in [1.165, 1.54) is 4.90 Å². The number of hydrogen-bond donors (Lipinski definition) is 2. The van der Waals surface area contributed by atoms with E-state index in [2.05, 4.69) is 4.90 Å². The van der Waals surface area contributed by atoms with Gasteiger partial charge in [0.1, 0.15) is 0 Å². The van der Waals surface area contributed by atoms with Gasteiger partial charge in [-0.1, -0.05) is 0 Å².